The highest BCUT2D eigenvalue weighted by Gasteiger charge is 2.29. The van der Waals surface area contributed by atoms with E-state index < -0.39 is 0 Å². The molecule has 2 N–H and O–H groups in total. The minimum Gasteiger partial charge on any atom is -0.396 e. The van der Waals surface area contributed by atoms with Crippen LogP contribution >= 0.6 is 0 Å². The first-order valence-electron chi connectivity index (χ1n) is 5.66. The molecule has 0 bridgehead atoms. The van der Waals surface area contributed by atoms with E-state index >= 15 is 0 Å². The lowest BCUT2D eigenvalue weighted by Crippen LogP contribution is -2.02. The fraction of sp³-hybridized carbons (Fsp3) is 0.308. The quantitative estimate of drug-likeness (QED) is 0.833. The van der Waals surface area contributed by atoms with Gasteiger partial charge < -0.3 is 5.73 Å². The number of aryl methyl sites for hydroxylation is 1. The van der Waals surface area contributed by atoms with Crippen LogP contribution in [0.1, 0.15) is 30.0 Å². The Bertz CT molecular complexity index is 506. The van der Waals surface area contributed by atoms with E-state index in [2.05, 4.69) is 36.3 Å². The minimum absolute atomic E-state index is 0.615. The van der Waals surface area contributed by atoms with Gasteiger partial charge in [-0.25, -0.2) is 4.68 Å². The molecule has 3 rings (SSSR count). The second kappa shape index (κ2) is 3.37. The van der Waals surface area contributed by atoms with E-state index in [1.165, 1.54) is 24.1 Å². The molecular weight excluding hydrogens is 198 g/mol. The van der Waals surface area contributed by atoms with Crippen LogP contribution in [0.25, 0.3) is 5.69 Å². The van der Waals surface area contributed by atoms with Gasteiger partial charge in [0.25, 0.3) is 0 Å². The normalized spacial score (nSPS) is 15.3. The fourth-order valence-corrected chi connectivity index (χ4v) is 2.03. The highest BCUT2D eigenvalue weighted by molar-refractivity contribution is 5.49. The molecule has 2 aromatic rings. The van der Waals surface area contributed by atoms with Gasteiger partial charge >= 0.3 is 0 Å². The topological polar surface area (TPSA) is 43.8 Å². The zero-order valence-electron chi connectivity index (χ0n) is 9.35. The Morgan fingerprint density at radius 1 is 1.25 bits per heavy atom. The third-order valence-electron chi connectivity index (χ3n) is 3.08. The molecule has 82 valence electrons. The number of nitrogen functional groups attached to an aromatic ring is 1. The summed E-state index contributed by atoms with van der Waals surface area (Å²) in [6.07, 6.45) is 4.23. The Kier molecular flexibility index (Phi) is 1.99. The Morgan fingerprint density at radius 2 is 1.94 bits per heavy atom. The lowest BCUT2D eigenvalue weighted by molar-refractivity contribution is 0.809. The molecule has 0 unspecified atom stereocenters. The molecule has 1 aliphatic rings. The summed E-state index contributed by atoms with van der Waals surface area (Å²) in [4.78, 5) is 0. The standard InChI is InChI=1S/C13H15N3/c1-9-2-6-11(7-3-9)16-13(10-4-5-10)12(14)8-15-16/h2-3,6-8,10H,4-5,14H2,1H3. The van der Waals surface area contributed by atoms with Crippen molar-refractivity contribution >= 4 is 5.69 Å². The van der Waals surface area contributed by atoms with Crippen molar-refractivity contribution in [2.45, 2.75) is 25.7 Å². The van der Waals surface area contributed by atoms with Gasteiger partial charge in [-0.1, -0.05) is 17.7 Å². The summed E-state index contributed by atoms with van der Waals surface area (Å²) < 4.78 is 1.98. The van der Waals surface area contributed by atoms with Crippen LogP contribution in [0.5, 0.6) is 0 Å². The zero-order chi connectivity index (χ0) is 11.1. The molecule has 0 atom stereocenters. The number of hydrogen-bond donors (Lipinski definition) is 1. The van der Waals surface area contributed by atoms with Crippen molar-refractivity contribution < 1.29 is 0 Å². The predicted molar refractivity (Wildman–Crippen MR) is 64.7 cm³/mol. The molecule has 0 spiro atoms. The summed E-state index contributed by atoms with van der Waals surface area (Å²) in [5.41, 5.74) is 10.3. The third-order valence-corrected chi connectivity index (χ3v) is 3.08. The van der Waals surface area contributed by atoms with Crippen LogP contribution < -0.4 is 5.73 Å². The van der Waals surface area contributed by atoms with E-state index in [9.17, 15) is 0 Å². The average molecular weight is 213 g/mol. The second-order valence-electron chi connectivity index (χ2n) is 4.51. The van der Waals surface area contributed by atoms with Gasteiger partial charge in [0.05, 0.1) is 23.3 Å². The number of rotatable bonds is 2. The van der Waals surface area contributed by atoms with Crippen molar-refractivity contribution in [3.8, 4) is 5.69 Å². The number of aromatic nitrogens is 2. The van der Waals surface area contributed by atoms with Crippen molar-refractivity contribution in [3.05, 3.63) is 41.7 Å². The summed E-state index contributed by atoms with van der Waals surface area (Å²) in [5.74, 6) is 0.615. The average Bonchev–Trinajstić information content (AvgIpc) is 3.04. The summed E-state index contributed by atoms with van der Waals surface area (Å²) in [7, 11) is 0. The van der Waals surface area contributed by atoms with Gasteiger partial charge in [-0.05, 0) is 31.9 Å². The SMILES string of the molecule is Cc1ccc(-n2ncc(N)c2C2CC2)cc1. The fourth-order valence-electron chi connectivity index (χ4n) is 2.03. The smallest absolute Gasteiger partial charge is 0.0740 e. The molecule has 1 fully saturated rings. The van der Waals surface area contributed by atoms with Crippen molar-refractivity contribution in [1.82, 2.24) is 9.78 Å². The maximum Gasteiger partial charge on any atom is 0.0740 e. The van der Waals surface area contributed by atoms with Crippen molar-refractivity contribution in [2.75, 3.05) is 5.73 Å². The number of nitrogens with two attached hydrogens (primary N) is 1. The number of hydrogen-bond acceptors (Lipinski definition) is 2. The van der Waals surface area contributed by atoms with Crippen LogP contribution in [-0.4, -0.2) is 9.78 Å². The molecule has 0 radical (unpaired) electrons. The van der Waals surface area contributed by atoms with Crippen LogP contribution in [0.2, 0.25) is 0 Å². The molecule has 1 heterocycles. The number of benzene rings is 1. The monoisotopic (exact) mass is 213 g/mol. The summed E-state index contributed by atoms with van der Waals surface area (Å²) in [6.45, 7) is 2.09. The maximum atomic E-state index is 5.97. The minimum atomic E-state index is 0.615. The largest absolute Gasteiger partial charge is 0.396 e. The molecule has 3 nitrogen and oxygen atoms in total. The first-order chi connectivity index (χ1) is 7.75. The third kappa shape index (κ3) is 1.48. The van der Waals surface area contributed by atoms with Crippen molar-refractivity contribution in [1.29, 1.82) is 0 Å². The Labute approximate surface area is 94.9 Å². The lowest BCUT2D eigenvalue weighted by atomic mass is 10.2. The van der Waals surface area contributed by atoms with E-state index in [-0.39, 0.29) is 0 Å². The van der Waals surface area contributed by atoms with Gasteiger partial charge in [0.15, 0.2) is 0 Å². The van der Waals surface area contributed by atoms with Crippen LogP contribution in [0.15, 0.2) is 30.5 Å². The predicted octanol–water partition coefficient (Wildman–Crippen LogP) is 2.64. The summed E-state index contributed by atoms with van der Waals surface area (Å²) in [5, 5.41) is 4.37. The summed E-state index contributed by atoms with van der Waals surface area (Å²) in [6, 6.07) is 8.38. The number of anilines is 1. The molecule has 1 aromatic heterocycles. The van der Waals surface area contributed by atoms with E-state index in [1.54, 1.807) is 6.20 Å². The van der Waals surface area contributed by atoms with Crippen LogP contribution in [0.3, 0.4) is 0 Å². The van der Waals surface area contributed by atoms with Crippen LogP contribution in [0.4, 0.5) is 5.69 Å². The van der Waals surface area contributed by atoms with E-state index in [0.717, 1.165) is 11.4 Å². The van der Waals surface area contributed by atoms with Crippen LogP contribution in [0, 0.1) is 6.92 Å². The molecule has 0 saturated heterocycles. The number of nitrogens with zero attached hydrogens (tertiary/aromatic N) is 2. The van der Waals surface area contributed by atoms with E-state index in [1.807, 2.05) is 4.68 Å². The molecule has 1 saturated carbocycles. The zero-order valence-corrected chi connectivity index (χ0v) is 9.35. The van der Waals surface area contributed by atoms with Gasteiger partial charge in [-0.3, -0.25) is 0 Å². The van der Waals surface area contributed by atoms with Crippen LogP contribution in [-0.2, 0) is 0 Å². The van der Waals surface area contributed by atoms with Gasteiger partial charge in [0.1, 0.15) is 0 Å². The van der Waals surface area contributed by atoms with Gasteiger partial charge in [-0.2, -0.15) is 5.10 Å². The lowest BCUT2D eigenvalue weighted by Gasteiger charge is -2.07. The molecule has 3 heteroatoms. The first-order valence-corrected chi connectivity index (χ1v) is 5.66. The molecule has 1 aromatic carbocycles. The second-order valence-corrected chi connectivity index (χ2v) is 4.51. The molecule has 16 heavy (non-hydrogen) atoms. The molecular formula is C13H15N3. The highest BCUT2D eigenvalue weighted by Crippen LogP contribution is 2.43. The van der Waals surface area contributed by atoms with E-state index in [0.29, 0.717) is 5.92 Å². The Balaban J connectivity index is 2.08. The molecule has 0 amide bonds. The van der Waals surface area contributed by atoms with E-state index in [4.69, 9.17) is 5.73 Å². The van der Waals surface area contributed by atoms with Gasteiger partial charge in [0, 0.05) is 5.92 Å². The highest BCUT2D eigenvalue weighted by atomic mass is 15.3. The molecule has 0 aliphatic heterocycles. The van der Waals surface area contributed by atoms with Crippen molar-refractivity contribution in [2.24, 2.45) is 0 Å². The van der Waals surface area contributed by atoms with Gasteiger partial charge in [0.2, 0.25) is 0 Å². The maximum absolute atomic E-state index is 5.97. The molecule has 1 aliphatic carbocycles. The first kappa shape index (κ1) is 9.46. The van der Waals surface area contributed by atoms with Crippen molar-refractivity contribution in [3.63, 3.8) is 0 Å². The van der Waals surface area contributed by atoms with Gasteiger partial charge in [-0.15, -0.1) is 0 Å². The Morgan fingerprint density at radius 3 is 2.56 bits per heavy atom. The Hall–Kier alpha value is -1.77. The summed E-state index contributed by atoms with van der Waals surface area (Å²) >= 11 is 0.